The Morgan fingerprint density at radius 2 is 1.30 bits per heavy atom. The van der Waals surface area contributed by atoms with Crippen molar-refractivity contribution in [2.45, 2.75) is 124 Å². The molecule has 0 fully saturated rings. The third-order valence-corrected chi connectivity index (χ3v) is 10.6. The van der Waals surface area contributed by atoms with Crippen LogP contribution in [0.5, 0.6) is 0 Å². The molecule has 0 atom stereocenters. The van der Waals surface area contributed by atoms with Crippen LogP contribution in [0.15, 0.2) is 29.8 Å². The first kappa shape index (κ1) is 41.3. The number of nitrogens with one attached hydrogen (secondary N) is 2. The van der Waals surface area contributed by atoms with Gasteiger partial charge in [-0.15, -0.1) is 0 Å². The van der Waals surface area contributed by atoms with Crippen molar-refractivity contribution >= 4 is 38.5 Å². The number of carbonyl (C=O) groups is 3. The van der Waals surface area contributed by atoms with Crippen molar-refractivity contribution in [1.29, 1.82) is 0 Å². The lowest BCUT2D eigenvalue weighted by molar-refractivity contribution is -0.132. The van der Waals surface area contributed by atoms with E-state index in [2.05, 4.69) is 17.6 Å². The fourth-order valence-electron chi connectivity index (χ4n) is 5.05. The maximum Gasteiger partial charge on any atom is 0.500 e. The topological polar surface area (TPSA) is 132 Å². The van der Waals surface area contributed by atoms with E-state index in [9.17, 15) is 19.5 Å². The zero-order chi connectivity index (χ0) is 33.9. The van der Waals surface area contributed by atoms with Gasteiger partial charge in [0, 0.05) is 50.1 Å². The van der Waals surface area contributed by atoms with E-state index in [4.69, 9.17) is 18.0 Å². The summed E-state index contributed by atoms with van der Waals surface area (Å²) in [4.78, 5) is 36.1. The first-order valence-corrected chi connectivity index (χ1v) is 19.4. The highest BCUT2D eigenvalue weighted by atomic mass is 28.4. The van der Waals surface area contributed by atoms with E-state index in [-0.39, 0.29) is 5.91 Å². The summed E-state index contributed by atoms with van der Waals surface area (Å²) in [5, 5.41) is 15.4. The Balaban J connectivity index is 2.28. The zero-order valence-corrected chi connectivity index (χ0v) is 29.8. The van der Waals surface area contributed by atoms with Crippen molar-refractivity contribution in [3.8, 4) is 0 Å². The lowest BCUT2D eigenvalue weighted by atomic mass is 10.0. The van der Waals surface area contributed by atoms with E-state index in [0.717, 1.165) is 37.7 Å². The number of carbonyl (C=O) groups excluding carboxylic acids is 2. The Labute approximate surface area is 278 Å². The molecule has 262 valence electrons. The summed E-state index contributed by atoms with van der Waals surface area (Å²) in [5.41, 5.74) is 1.84. The molecule has 11 heteroatoms. The minimum Gasteiger partial charge on any atom is -0.478 e. The zero-order valence-electron chi connectivity index (χ0n) is 28.8. The van der Waals surface area contributed by atoms with Gasteiger partial charge in [-0.2, -0.15) is 0 Å². The largest absolute Gasteiger partial charge is 0.500 e. The van der Waals surface area contributed by atoms with Gasteiger partial charge in [-0.05, 0) is 76.6 Å². The van der Waals surface area contributed by atoms with Gasteiger partial charge in [0.1, 0.15) is 0 Å². The van der Waals surface area contributed by atoms with Crippen molar-refractivity contribution in [2.24, 2.45) is 0 Å². The van der Waals surface area contributed by atoms with Crippen LogP contribution in [0.3, 0.4) is 0 Å². The molecule has 0 aliphatic carbocycles. The highest BCUT2D eigenvalue weighted by molar-refractivity contribution is 6.60. The van der Waals surface area contributed by atoms with Crippen LogP contribution in [0.2, 0.25) is 6.04 Å². The predicted octanol–water partition coefficient (Wildman–Crippen LogP) is 8.35. The monoisotopic (exact) mass is 664 g/mol. The first-order valence-electron chi connectivity index (χ1n) is 17.4. The number of unbranched alkanes of at least 4 members (excludes halogenated alkanes) is 9. The van der Waals surface area contributed by atoms with E-state index in [0.29, 0.717) is 76.0 Å². The number of aliphatic carboxylic acids is 1. The molecule has 0 bridgehead atoms. The first-order chi connectivity index (χ1) is 22.3. The van der Waals surface area contributed by atoms with Crippen molar-refractivity contribution in [1.82, 2.24) is 5.32 Å². The summed E-state index contributed by atoms with van der Waals surface area (Å²) >= 11 is 0. The fraction of sp³-hybridized carbons (Fsp3) is 0.686. The number of anilines is 1. The summed E-state index contributed by atoms with van der Waals surface area (Å²) in [6.45, 7) is 10.3. The van der Waals surface area contributed by atoms with Crippen LogP contribution in [0.1, 0.15) is 123 Å². The summed E-state index contributed by atoms with van der Waals surface area (Å²) in [7, 11) is -2.71. The Morgan fingerprint density at radius 1 is 0.739 bits per heavy atom. The molecular weight excluding hydrogens is 604 g/mol. The van der Waals surface area contributed by atoms with Crippen molar-refractivity contribution in [3.05, 3.63) is 35.4 Å². The molecule has 46 heavy (non-hydrogen) atoms. The number of ether oxygens (including phenoxy) is 1. The molecule has 10 nitrogen and oxygen atoms in total. The number of hydrogen-bond donors (Lipinski definition) is 3. The molecule has 2 amide bonds. The van der Waals surface area contributed by atoms with Gasteiger partial charge in [-0.1, -0.05) is 70.4 Å². The van der Waals surface area contributed by atoms with E-state index >= 15 is 0 Å². The molecule has 0 unspecified atom stereocenters. The number of hydrogen-bond acceptors (Lipinski definition) is 7. The van der Waals surface area contributed by atoms with Gasteiger partial charge in [-0.3, -0.25) is 4.79 Å². The molecule has 0 saturated carbocycles. The molecule has 1 aromatic rings. The minimum absolute atomic E-state index is 0.00988. The molecule has 3 N–H and O–H groups in total. The molecule has 0 radical (unpaired) electrons. The van der Waals surface area contributed by atoms with Gasteiger partial charge < -0.3 is 33.8 Å². The second-order valence-corrected chi connectivity index (χ2v) is 14.1. The molecule has 0 heterocycles. The summed E-state index contributed by atoms with van der Waals surface area (Å²) in [5.74, 6) is -0.925. The van der Waals surface area contributed by atoms with E-state index in [1.54, 1.807) is 6.08 Å². The highest BCUT2D eigenvalue weighted by Gasteiger charge is 2.39. The number of carboxylic acid groups (broad SMARTS) is 1. The second kappa shape index (κ2) is 26.3. The fourth-order valence-corrected chi connectivity index (χ4v) is 7.67. The third-order valence-electron chi connectivity index (χ3n) is 7.41. The van der Waals surface area contributed by atoms with Crippen LogP contribution in [0.4, 0.5) is 10.5 Å². The average Bonchev–Trinajstić information content (AvgIpc) is 3.02. The Kier molecular flexibility index (Phi) is 23.7. The number of carboxylic acids is 1. The normalized spacial score (nSPS) is 11.8. The van der Waals surface area contributed by atoms with Gasteiger partial charge >= 0.3 is 20.9 Å². The number of benzene rings is 1. The molecule has 0 aromatic heterocycles. The molecule has 0 spiro atoms. The Bertz CT molecular complexity index is 986. The van der Waals surface area contributed by atoms with E-state index in [1.807, 2.05) is 45.0 Å². The molecule has 1 rings (SSSR count). The van der Waals surface area contributed by atoms with Gasteiger partial charge in [0.15, 0.2) is 0 Å². The maximum atomic E-state index is 12.2. The lowest BCUT2D eigenvalue weighted by Crippen LogP contribution is -2.46. The summed E-state index contributed by atoms with van der Waals surface area (Å²) in [6.07, 6.45) is 14.1. The van der Waals surface area contributed by atoms with E-state index in [1.165, 1.54) is 32.1 Å². The lowest BCUT2D eigenvalue weighted by Gasteiger charge is -2.28. The number of alkyl carbamates (subject to hydrolysis) is 1. The van der Waals surface area contributed by atoms with E-state index < -0.39 is 20.9 Å². The van der Waals surface area contributed by atoms with Crippen LogP contribution in [0, 0.1) is 0 Å². The van der Waals surface area contributed by atoms with Crippen molar-refractivity contribution in [2.75, 3.05) is 38.3 Å². The van der Waals surface area contributed by atoms with Crippen LogP contribution >= 0.6 is 0 Å². The third kappa shape index (κ3) is 19.7. The number of amides is 2. The molecule has 0 aliphatic rings. The quantitative estimate of drug-likeness (QED) is 0.0463. The van der Waals surface area contributed by atoms with Crippen molar-refractivity contribution in [3.63, 3.8) is 0 Å². The Morgan fingerprint density at radius 3 is 1.89 bits per heavy atom. The average molecular weight is 665 g/mol. The molecule has 0 saturated heterocycles. The van der Waals surface area contributed by atoms with Crippen LogP contribution in [-0.4, -0.2) is 64.9 Å². The smallest absolute Gasteiger partial charge is 0.478 e. The SMILES string of the molecule is CCCCCCCCCC(=O)Nc1ccc(/C=C(\CCCCCCOC(=O)NCCC[Si](OCC)(OCC)OCC)C(=O)O)cc1. The van der Waals surface area contributed by atoms with Crippen LogP contribution in [-0.2, 0) is 27.6 Å². The standard InChI is InChI=1S/C35H60N2O8Si/c1-5-9-10-11-12-13-17-21-33(38)37-32-24-22-30(23-25-32)29-31(34(39)40)20-16-14-15-18-27-42-35(41)36-26-19-28-46(43-6-2,44-7-3)45-8-4/h22-25,29H,5-21,26-28H2,1-4H3,(H,36,41)(H,37,38)(H,39,40)/b31-29+. The van der Waals surface area contributed by atoms with Crippen molar-refractivity contribution < 1.29 is 37.5 Å². The Hall–Kier alpha value is -2.73. The minimum atomic E-state index is -2.71. The number of rotatable bonds is 28. The second-order valence-electron chi connectivity index (χ2n) is 11.3. The van der Waals surface area contributed by atoms with Crippen LogP contribution < -0.4 is 10.6 Å². The predicted molar refractivity (Wildman–Crippen MR) is 186 cm³/mol. The molecule has 1 aromatic carbocycles. The molecular formula is C35H60N2O8Si. The summed E-state index contributed by atoms with van der Waals surface area (Å²) in [6, 6.07) is 7.88. The van der Waals surface area contributed by atoms with Gasteiger partial charge in [-0.25, -0.2) is 9.59 Å². The van der Waals surface area contributed by atoms with Gasteiger partial charge in [0.25, 0.3) is 0 Å². The van der Waals surface area contributed by atoms with Gasteiger partial charge in [0.2, 0.25) is 5.91 Å². The van der Waals surface area contributed by atoms with Crippen LogP contribution in [0.25, 0.3) is 6.08 Å². The highest BCUT2D eigenvalue weighted by Crippen LogP contribution is 2.19. The molecule has 0 aliphatic heterocycles. The van der Waals surface area contributed by atoms with Gasteiger partial charge in [0.05, 0.1) is 6.61 Å². The maximum absolute atomic E-state index is 12.2. The summed E-state index contributed by atoms with van der Waals surface area (Å²) < 4.78 is 22.8.